The summed E-state index contributed by atoms with van der Waals surface area (Å²) >= 11 is 3.77. The molecule has 4 rings (SSSR count). The zero-order chi connectivity index (χ0) is 30.4. The van der Waals surface area contributed by atoms with Crippen LogP contribution in [0.3, 0.4) is 0 Å². The summed E-state index contributed by atoms with van der Waals surface area (Å²) in [5.74, 6) is -0.646. The summed E-state index contributed by atoms with van der Waals surface area (Å²) in [6.07, 6.45) is 2.86. The van der Waals surface area contributed by atoms with Gasteiger partial charge >= 0.3 is 5.97 Å². The molecule has 1 fully saturated rings. The third-order valence-electron chi connectivity index (χ3n) is 9.19. The zero-order valence-corrected chi connectivity index (χ0v) is 27.6. The molecule has 224 valence electrons. The van der Waals surface area contributed by atoms with Gasteiger partial charge < -0.3 is 9.94 Å². The van der Waals surface area contributed by atoms with Gasteiger partial charge in [0.2, 0.25) is 10.0 Å². The zero-order valence-electron chi connectivity index (χ0n) is 25.2. The first kappa shape index (κ1) is 31.7. The lowest BCUT2D eigenvalue weighted by molar-refractivity contribution is -0.156. The Morgan fingerprint density at radius 2 is 1.83 bits per heavy atom. The topological polar surface area (TPSA) is 105 Å². The summed E-state index contributed by atoms with van der Waals surface area (Å²) in [6.45, 7) is 14.7. The van der Waals surface area contributed by atoms with Crippen LogP contribution in [0.4, 0.5) is 0 Å². The van der Waals surface area contributed by atoms with Gasteiger partial charge in [-0.1, -0.05) is 81.2 Å². The highest BCUT2D eigenvalue weighted by Crippen LogP contribution is 2.58. The maximum absolute atomic E-state index is 12.8. The van der Waals surface area contributed by atoms with Crippen molar-refractivity contribution in [3.63, 3.8) is 0 Å². The number of nitrogens with one attached hydrogen (secondary N) is 1. The van der Waals surface area contributed by atoms with E-state index in [0.717, 1.165) is 39.6 Å². The highest BCUT2D eigenvalue weighted by atomic mass is 79.9. The molecule has 0 aromatic heterocycles. The van der Waals surface area contributed by atoms with Gasteiger partial charge in [0.15, 0.2) is 0 Å². The number of nitrogens with zero attached hydrogens (tertiary/aromatic N) is 1. The molecule has 0 aliphatic heterocycles. The number of benzene rings is 2. The van der Waals surface area contributed by atoms with Crippen LogP contribution in [0.1, 0.15) is 102 Å². The number of carboxylic acids is 1. The second-order valence-electron chi connectivity index (χ2n) is 13.4. The van der Waals surface area contributed by atoms with Crippen molar-refractivity contribution < 1.29 is 23.2 Å². The van der Waals surface area contributed by atoms with Crippen LogP contribution in [0.25, 0.3) is 0 Å². The van der Waals surface area contributed by atoms with E-state index in [1.807, 2.05) is 19.1 Å². The standard InChI is InChI=1S/C32H43BrN2O5S/c1-20(2)23-17-24-25(18-26(23)33)31(6)13-8-14-32(7,29(36)37)28(31)19-27(24)35-40-16-15-34-41(38,39)22-11-9-21(10-12-22)30(3,4)5/h9-12,17-18,20,28,34H,8,13-16,19H2,1-7H3,(H,36,37)/b35-27+/t28-,31-,32-/m1/s1. The van der Waals surface area contributed by atoms with Crippen molar-refractivity contribution in [3.05, 3.63) is 63.1 Å². The number of hydrogen-bond acceptors (Lipinski definition) is 5. The highest BCUT2D eigenvalue weighted by molar-refractivity contribution is 9.10. The molecule has 7 nitrogen and oxygen atoms in total. The molecule has 2 aromatic rings. The number of oxime groups is 1. The van der Waals surface area contributed by atoms with Crippen LogP contribution in [-0.2, 0) is 30.5 Å². The summed E-state index contributed by atoms with van der Waals surface area (Å²) in [5.41, 5.74) is 3.76. The number of hydrogen-bond donors (Lipinski definition) is 2. The van der Waals surface area contributed by atoms with E-state index in [1.165, 1.54) is 0 Å². The van der Waals surface area contributed by atoms with Crippen molar-refractivity contribution in [2.75, 3.05) is 13.2 Å². The first-order chi connectivity index (χ1) is 19.0. The van der Waals surface area contributed by atoms with Crippen LogP contribution in [0, 0.1) is 11.3 Å². The molecule has 2 aliphatic carbocycles. The predicted molar refractivity (Wildman–Crippen MR) is 166 cm³/mol. The Balaban J connectivity index is 1.57. The minimum Gasteiger partial charge on any atom is -0.481 e. The second-order valence-corrected chi connectivity index (χ2v) is 16.0. The molecule has 0 spiro atoms. The van der Waals surface area contributed by atoms with Gasteiger partial charge in [-0.25, -0.2) is 13.1 Å². The molecule has 41 heavy (non-hydrogen) atoms. The van der Waals surface area contributed by atoms with E-state index in [-0.39, 0.29) is 40.7 Å². The summed E-state index contributed by atoms with van der Waals surface area (Å²) in [7, 11) is -3.69. The first-order valence-electron chi connectivity index (χ1n) is 14.4. The van der Waals surface area contributed by atoms with Crippen molar-refractivity contribution in [1.29, 1.82) is 0 Å². The number of sulfonamides is 1. The molecule has 0 unspecified atom stereocenters. The Hall–Kier alpha value is -2.23. The molecule has 2 aliphatic rings. The SMILES string of the molecule is CC(C)c1cc2c(cc1Br)[C@@]1(C)CCC[C@@](C)(C(=O)O)[C@@H]1C/C2=N\OCCNS(=O)(=O)c1ccc(C(C)(C)C)cc1. The third-order valence-corrected chi connectivity index (χ3v) is 11.4. The molecule has 2 N–H and O–H groups in total. The second kappa shape index (κ2) is 11.5. The maximum atomic E-state index is 12.8. The fourth-order valence-corrected chi connectivity index (χ4v) is 8.41. The lowest BCUT2D eigenvalue weighted by Crippen LogP contribution is -2.53. The van der Waals surface area contributed by atoms with E-state index in [1.54, 1.807) is 12.1 Å². The lowest BCUT2D eigenvalue weighted by atomic mass is 9.49. The Labute approximate surface area is 253 Å². The molecule has 1 saturated carbocycles. The molecule has 0 heterocycles. The van der Waals surface area contributed by atoms with Crippen LogP contribution in [-0.4, -0.2) is 38.4 Å². The van der Waals surface area contributed by atoms with Crippen molar-refractivity contribution in [3.8, 4) is 0 Å². The van der Waals surface area contributed by atoms with Gasteiger partial charge in [0.1, 0.15) is 6.61 Å². The van der Waals surface area contributed by atoms with Crippen LogP contribution in [0.2, 0.25) is 0 Å². The Morgan fingerprint density at radius 1 is 1.17 bits per heavy atom. The van der Waals surface area contributed by atoms with Crippen LogP contribution >= 0.6 is 15.9 Å². The average Bonchev–Trinajstić information content (AvgIpc) is 2.88. The van der Waals surface area contributed by atoms with Gasteiger partial charge in [0.05, 0.1) is 16.0 Å². The first-order valence-corrected chi connectivity index (χ1v) is 16.6. The van der Waals surface area contributed by atoms with Crippen LogP contribution < -0.4 is 4.72 Å². The van der Waals surface area contributed by atoms with Crippen molar-refractivity contribution >= 4 is 37.6 Å². The van der Waals surface area contributed by atoms with Gasteiger partial charge in [-0.05, 0) is 89.8 Å². The van der Waals surface area contributed by atoms with Gasteiger partial charge in [-0.3, -0.25) is 4.79 Å². The van der Waals surface area contributed by atoms with Gasteiger partial charge in [0, 0.05) is 16.6 Å². The minimum absolute atomic E-state index is 0.0455. The monoisotopic (exact) mass is 646 g/mol. The highest BCUT2D eigenvalue weighted by Gasteiger charge is 2.56. The predicted octanol–water partition coefficient (Wildman–Crippen LogP) is 7.12. The van der Waals surface area contributed by atoms with Gasteiger partial charge in [0.25, 0.3) is 0 Å². The smallest absolute Gasteiger partial charge is 0.309 e. The molecule has 0 amide bonds. The average molecular weight is 648 g/mol. The van der Waals surface area contributed by atoms with Crippen molar-refractivity contribution in [2.24, 2.45) is 16.5 Å². The number of fused-ring (bicyclic) bond motifs is 3. The molecule has 2 aromatic carbocycles. The summed E-state index contributed by atoms with van der Waals surface area (Å²) in [6, 6.07) is 11.2. The quantitative estimate of drug-likeness (QED) is 0.235. The van der Waals surface area contributed by atoms with Gasteiger partial charge in [-0.2, -0.15) is 0 Å². The number of halogens is 1. The molecule has 3 atom stereocenters. The van der Waals surface area contributed by atoms with Crippen LogP contribution in [0.15, 0.2) is 50.9 Å². The van der Waals surface area contributed by atoms with E-state index in [2.05, 4.69) is 79.5 Å². The molecular weight excluding hydrogens is 604 g/mol. The van der Waals surface area contributed by atoms with E-state index >= 15 is 0 Å². The van der Waals surface area contributed by atoms with Crippen molar-refractivity contribution in [1.82, 2.24) is 4.72 Å². The number of carboxylic acid groups (broad SMARTS) is 1. The van der Waals surface area contributed by atoms with E-state index in [4.69, 9.17) is 4.84 Å². The Morgan fingerprint density at radius 3 is 2.41 bits per heavy atom. The maximum Gasteiger partial charge on any atom is 0.309 e. The minimum atomic E-state index is -3.69. The summed E-state index contributed by atoms with van der Waals surface area (Å²) in [5, 5.41) is 14.8. The van der Waals surface area contributed by atoms with Crippen molar-refractivity contribution in [2.45, 2.75) is 95.8 Å². The summed E-state index contributed by atoms with van der Waals surface area (Å²) < 4.78 is 29.3. The van der Waals surface area contributed by atoms with E-state index in [9.17, 15) is 18.3 Å². The number of aliphatic carboxylic acids is 1. The molecule has 0 bridgehead atoms. The molecular formula is C32H43BrN2O5S. The summed E-state index contributed by atoms with van der Waals surface area (Å²) in [4.78, 5) is 18.4. The molecule has 9 heteroatoms. The Bertz CT molecular complexity index is 1450. The number of rotatable bonds is 8. The fraction of sp³-hybridized carbons (Fsp3) is 0.562. The van der Waals surface area contributed by atoms with E-state index < -0.39 is 21.4 Å². The third kappa shape index (κ3) is 6.13. The molecule has 0 saturated heterocycles. The normalized spacial score (nSPS) is 25.6. The van der Waals surface area contributed by atoms with E-state index in [0.29, 0.717) is 18.6 Å². The van der Waals surface area contributed by atoms with Crippen LogP contribution in [0.5, 0.6) is 0 Å². The molecule has 0 radical (unpaired) electrons. The fourth-order valence-electron chi connectivity index (χ4n) is 6.60. The Kier molecular flexibility index (Phi) is 8.86. The number of carbonyl (C=O) groups is 1. The lowest BCUT2D eigenvalue weighted by Gasteiger charge is -2.53. The largest absolute Gasteiger partial charge is 0.481 e. The van der Waals surface area contributed by atoms with Gasteiger partial charge in [-0.15, -0.1) is 0 Å².